The van der Waals surface area contributed by atoms with Crippen LogP contribution < -0.4 is 10.2 Å². The number of aryl methyl sites for hydroxylation is 1. The smallest absolute Gasteiger partial charge is 0.267 e. The van der Waals surface area contributed by atoms with Crippen LogP contribution in [0.15, 0.2) is 36.9 Å². The van der Waals surface area contributed by atoms with Crippen molar-refractivity contribution >= 4 is 34.0 Å². The first kappa shape index (κ1) is 21.1. The Bertz CT molecular complexity index is 1040. The molecule has 9 nitrogen and oxygen atoms in total. The maximum atomic E-state index is 12.8. The van der Waals surface area contributed by atoms with Crippen LogP contribution in [0.1, 0.15) is 40.7 Å². The fraction of sp³-hybridized carbons (Fsp3) is 0.381. The third-order valence-corrected chi connectivity index (χ3v) is 6.21. The van der Waals surface area contributed by atoms with E-state index < -0.39 is 0 Å². The second kappa shape index (κ2) is 9.36. The highest BCUT2D eigenvalue weighted by Crippen LogP contribution is 2.28. The van der Waals surface area contributed by atoms with Crippen molar-refractivity contribution < 1.29 is 14.3 Å². The lowest BCUT2D eigenvalue weighted by atomic mass is 10.2. The normalized spacial score (nSPS) is 15.7. The van der Waals surface area contributed by atoms with Crippen molar-refractivity contribution in [2.24, 2.45) is 0 Å². The van der Waals surface area contributed by atoms with Gasteiger partial charge in [0, 0.05) is 19.2 Å². The molecule has 3 aromatic rings. The molecule has 0 saturated carbocycles. The van der Waals surface area contributed by atoms with Crippen LogP contribution in [0.2, 0.25) is 0 Å². The molecule has 1 aromatic carbocycles. The molecule has 0 spiro atoms. The molecule has 162 valence electrons. The molecule has 1 aliphatic heterocycles. The predicted molar refractivity (Wildman–Crippen MR) is 117 cm³/mol. The fourth-order valence-electron chi connectivity index (χ4n) is 3.42. The lowest BCUT2D eigenvalue weighted by Crippen LogP contribution is -2.35. The summed E-state index contributed by atoms with van der Waals surface area (Å²) >= 11 is 1.22. The highest BCUT2D eigenvalue weighted by atomic mass is 32.1. The number of nitrogens with one attached hydrogen (secondary N) is 1. The molecule has 2 amide bonds. The largest absolute Gasteiger partial charge is 0.376 e. The second-order valence-corrected chi connectivity index (χ2v) is 8.40. The zero-order valence-electron chi connectivity index (χ0n) is 17.4. The van der Waals surface area contributed by atoms with Crippen molar-refractivity contribution in [1.82, 2.24) is 19.7 Å². The maximum absolute atomic E-state index is 12.8. The van der Waals surface area contributed by atoms with Gasteiger partial charge in [0.05, 0.1) is 24.9 Å². The van der Waals surface area contributed by atoms with Gasteiger partial charge in [0.25, 0.3) is 5.91 Å². The molecule has 3 heterocycles. The molecule has 1 fully saturated rings. The third kappa shape index (κ3) is 5.15. The number of aromatic nitrogens is 4. The van der Waals surface area contributed by atoms with E-state index in [1.807, 2.05) is 24.3 Å². The zero-order chi connectivity index (χ0) is 21.8. The number of ether oxygens (including phenoxy) is 1. The standard InChI is InChI=1S/C21H24N6O3S/c1-14-19(31-21(24-14)27(15(2)28)11-18-4-3-9-30-18)20(29)25-17-7-5-16(6-8-17)10-26-13-22-12-23-26/h5-8,12-13,18H,3-4,9-11H2,1-2H3,(H,25,29)/t18-/m1/s1. The lowest BCUT2D eigenvalue weighted by molar-refractivity contribution is -0.116. The molecule has 1 N–H and O–H groups in total. The number of rotatable bonds is 7. The van der Waals surface area contributed by atoms with E-state index in [1.165, 1.54) is 24.6 Å². The Morgan fingerprint density at radius 1 is 1.32 bits per heavy atom. The Labute approximate surface area is 184 Å². The van der Waals surface area contributed by atoms with Crippen molar-refractivity contribution in [3.05, 3.63) is 53.1 Å². The molecular weight excluding hydrogens is 416 g/mol. The van der Waals surface area contributed by atoms with Crippen molar-refractivity contribution in [1.29, 1.82) is 0 Å². The van der Waals surface area contributed by atoms with Crippen LogP contribution >= 0.6 is 11.3 Å². The third-order valence-electron chi connectivity index (χ3n) is 5.04. The maximum Gasteiger partial charge on any atom is 0.267 e. The summed E-state index contributed by atoms with van der Waals surface area (Å²) in [5.41, 5.74) is 2.33. The minimum Gasteiger partial charge on any atom is -0.376 e. The van der Waals surface area contributed by atoms with Gasteiger partial charge in [-0.15, -0.1) is 0 Å². The van der Waals surface area contributed by atoms with Crippen molar-refractivity contribution in [3.8, 4) is 0 Å². The first-order valence-corrected chi connectivity index (χ1v) is 10.9. The number of carbonyl (C=O) groups is 2. The van der Waals surface area contributed by atoms with Crippen LogP contribution in [-0.2, 0) is 16.1 Å². The van der Waals surface area contributed by atoms with Crippen molar-refractivity contribution in [2.45, 2.75) is 39.3 Å². The van der Waals surface area contributed by atoms with E-state index in [2.05, 4.69) is 20.4 Å². The van der Waals surface area contributed by atoms with E-state index in [9.17, 15) is 9.59 Å². The van der Waals surface area contributed by atoms with E-state index in [0.717, 1.165) is 25.0 Å². The quantitative estimate of drug-likeness (QED) is 0.606. The minimum atomic E-state index is -0.245. The van der Waals surface area contributed by atoms with Crippen LogP contribution in [-0.4, -0.2) is 50.8 Å². The van der Waals surface area contributed by atoms with E-state index in [4.69, 9.17) is 4.74 Å². The molecular formula is C21H24N6O3S. The van der Waals surface area contributed by atoms with E-state index in [0.29, 0.717) is 34.5 Å². The average Bonchev–Trinajstić information content (AvgIpc) is 3.50. The minimum absolute atomic E-state index is 0.0152. The van der Waals surface area contributed by atoms with Gasteiger partial charge in [-0.25, -0.2) is 14.6 Å². The van der Waals surface area contributed by atoms with E-state index >= 15 is 0 Å². The highest BCUT2D eigenvalue weighted by Gasteiger charge is 2.26. The van der Waals surface area contributed by atoms with Gasteiger partial charge in [-0.05, 0) is 37.5 Å². The van der Waals surface area contributed by atoms with Gasteiger partial charge in [0.2, 0.25) is 5.91 Å². The topological polar surface area (TPSA) is 102 Å². The predicted octanol–water partition coefficient (Wildman–Crippen LogP) is 2.88. The number of carbonyl (C=O) groups excluding carboxylic acids is 2. The molecule has 0 unspecified atom stereocenters. The molecule has 31 heavy (non-hydrogen) atoms. The molecule has 2 aromatic heterocycles. The molecule has 1 atom stereocenters. The van der Waals surface area contributed by atoms with Gasteiger partial charge in [0.1, 0.15) is 17.5 Å². The van der Waals surface area contributed by atoms with Gasteiger partial charge in [0.15, 0.2) is 5.13 Å². The van der Waals surface area contributed by atoms with E-state index in [1.54, 1.807) is 22.8 Å². The second-order valence-electron chi connectivity index (χ2n) is 7.42. The Hall–Kier alpha value is -3.11. The fourth-order valence-corrected chi connectivity index (χ4v) is 4.44. The Balaban J connectivity index is 1.43. The summed E-state index contributed by atoms with van der Waals surface area (Å²) < 4.78 is 7.39. The molecule has 4 rings (SSSR count). The Kier molecular flexibility index (Phi) is 6.38. The van der Waals surface area contributed by atoms with Gasteiger partial charge in [-0.3, -0.25) is 14.5 Å². The summed E-state index contributed by atoms with van der Waals surface area (Å²) in [6.45, 7) is 5.07. The van der Waals surface area contributed by atoms with Crippen molar-refractivity contribution in [2.75, 3.05) is 23.4 Å². The number of anilines is 2. The summed E-state index contributed by atoms with van der Waals surface area (Å²) in [5, 5.41) is 7.52. The van der Waals surface area contributed by atoms with Crippen LogP contribution in [0, 0.1) is 6.92 Å². The van der Waals surface area contributed by atoms with Gasteiger partial charge in [-0.2, -0.15) is 5.10 Å². The average molecular weight is 441 g/mol. The molecule has 1 aliphatic rings. The SMILES string of the molecule is CC(=O)N(C[C@H]1CCCO1)c1nc(C)c(C(=O)Nc2ccc(Cn3cncn3)cc2)s1. The highest BCUT2D eigenvalue weighted by molar-refractivity contribution is 7.17. The summed E-state index contributed by atoms with van der Waals surface area (Å²) in [7, 11) is 0. The van der Waals surface area contributed by atoms with E-state index in [-0.39, 0.29) is 17.9 Å². The lowest BCUT2D eigenvalue weighted by Gasteiger charge is -2.21. The van der Waals surface area contributed by atoms with Gasteiger partial charge < -0.3 is 10.1 Å². The zero-order valence-corrected chi connectivity index (χ0v) is 18.3. The number of amides is 2. The number of hydrogen-bond acceptors (Lipinski definition) is 7. The molecule has 10 heteroatoms. The summed E-state index contributed by atoms with van der Waals surface area (Å²) in [6.07, 6.45) is 5.09. The number of thiazole rings is 1. The molecule has 0 bridgehead atoms. The van der Waals surface area contributed by atoms with Crippen LogP contribution in [0.5, 0.6) is 0 Å². The van der Waals surface area contributed by atoms with Gasteiger partial charge in [-0.1, -0.05) is 23.5 Å². The Morgan fingerprint density at radius 3 is 2.77 bits per heavy atom. The van der Waals surface area contributed by atoms with Crippen molar-refractivity contribution in [3.63, 3.8) is 0 Å². The summed E-state index contributed by atoms with van der Waals surface area (Å²) in [5.74, 6) is -0.356. The van der Waals surface area contributed by atoms with Gasteiger partial charge >= 0.3 is 0 Å². The number of benzene rings is 1. The summed E-state index contributed by atoms with van der Waals surface area (Å²) in [6, 6.07) is 7.56. The number of nitrogens with zero attached hydrogens (tertiary/aromatic N) is 5. The van der Waals surface area contributed by atoms with Crippen LogP contribution in [0.4, 0.5) is 10.8 Å². The summed E-state index contributed by atoms with van der Waals surface area (Å²) in [4.78, 5) is 35.5. The Morgan fingerprint density at radius 2 is 2.13 bits per heavy atom. The van der Waals surface area contributed by atoms with Crippen LogP contribution in [0.25, 0.3) is 0 Å². The monoisotopic (exact) mass is 440 g/mol. The number of hydrogen-bond donors (Lipinski definition) is 1. The molecule has 1 saturated heterocycles. The first-order valence-electron chi connectivity index (χ1n) is 10.1. The molecule has 0 radical (unpaired) electrons. The van der Waals surface area contributed by atoms with Crippen LogP contribution in [0.3, 0.4) is 0 Å². The first-order chi connectivity index (χ1) is 15.0. The molecule has 0 aliphatic carbocycles.